The van der Waals surface area contributed by atoms with E-state index in [-0.39, 0.29) is 5.78 Å². The van der Waals surface area contributed by atoms with E-state index in [4.69, 9.17) is 4.74 Å². The van der Waals surface area contributed by atoms with Gasteiger partial charge >= 0.3 is 0 Å². The molecule has 3 nitrogen and oxygen atoms in total. The highest BCUT2D eigenvalue weighted by Crippen LogP contribution is 2.18. The summed E-state index contributed by atoms with van der Waals surface area (Å²) in [6.07, 6.45) is 3.85. The predicted octanol–water partition coefficient (Wildman–Crippen LogP) is 1.63. The molecule has 0 unspecified atom stereocenters. The van der Waals surface area contributed by atoms with Crippen molar-refractivity contribution >= 4 is 17.1 Å². The van der Waals surface area contributed by atoms with Crippen molar-refractivity contribution in [2.24, 2.45) is 0 Å². The summed E-state index contributed by atoms with van der Waals surface area (Å²) in [5.41, 5.74) is 2.41. The monoisotopic (exact) mass is 181 g/mol. The number of carbonyl (C=O) groups excluding carboxylic acids is 1. The fourth-order valence-electron chi connectivity index (χ4n) is 1.04. The Labute approximate surface area is 73.7 Å². The molecule has 0 fully saturated rings. The minimum Gasteiger partial charge on any atom is -0.500 e. The molecule has 1 aliphatic rings. The van der Waals surface area contributed by atoms with Crippen LogP contribution in [0.5, 0.6) is 0 Å². The minimum atomic E-state index is 0.0509. The topological polar surface area (TPSA) is 39.2 Å². The number of ether oxygens (including phenoxy) is 1. The molecule has 0 amide bonds. The number of rotatable bonds is 2. The summed E-state index contributed by atoms with van der Waals surface area (Å²) >= 11 is 1.36. The molecule has 0 radical (unpaired) electrons. The molecule has 0 N–H and O–H groups in total. The Balaban J connectivity index is 2.20. The first-order chi connectivity index (χ1) is 5.88. The smallest absolute Gasteiger partial charge is 0.203 e. The predicted molar refractivity (Wildman–Crippen MR) is 45.1 cm³/mol. The Morgan fingerprint density at radius 1 is 1.67 bits per heavy atom. The van der Waals surface area contributed by atoms with E-state index in [0.717, 1.165) is 12.0 Å². The van der Waals surface area contributed by atoms with Gasteiger partial charge in [0.15, 0.2) is 0 Å². The van der Waals surface area contributed by atoms with Gasteiger partial charge in [-0.05, 0) is 0 Å². The van der Waals surface area contributed by atoms with Crippen LogP contribution in [0.3, 0.4) is 0 Å². The maximum atomic E-state index is 11.5. The second-order valence-electron chi connectivity index (χ2n) is 2.46. The van der Waals surface area contributed by atoms with E-state index in [1.165, 1.54) is 11.3 Å². The number of thiazole rings is 1. The highest BCUT2D eigenvalue weighted by Gasteiger charge is 2.17. The summed E-state index contributed by atoms with van der Waals surface area (Å²) in [6.45, 7) is 0.625. The van der Waals surface area contributed by atoms with Crippen LogP contribution >= 0.6 is 11.3 Å². The standard InChI is InChI=1S/C8H7NO2S/c10-8(6-1-2-11-4-6)7-3-9-5-12-7/h3-5H,1-2H2. The van der Waals surface area contributed by atoms with E-state index in [1.54, 1.807) is 18.0 Å². The summed E-state index contributed by atoms with van der Waals surface area (Å²) < 4.78 is 4.98. The fraction of sp³-hybridized carbons (Fsp3) is 0.250. The number of nitrogens with zero attached hydrogens (tertiary/aromatic N) is 1. The van der Waals surface area contributed by atoms with Gasteiger partial charge in [-0.2, -0.15) is 0 Å². The second kappa shape index (κ2) is 3.06. The van der Waals surface area contributed by atoms with Crippen LogP contribution < -0.4 is 0 Å². The van der Waals surface area contributed by atoms with Gasteiger partial charge in [-0.1, -0.05) is 0 Å². The maximum Gasteiger partial charge on any atom is 0.203 e. The van der Waals surface area contributed by atoms with Gasteiger partial charge in [0.2, 0.25) is 5.78 Å². The molecule has 0 atom stereocenters. The number of aromatic nitrogens is 1. The molecule has 0 saturated heterocycles. The van der Waals surface area contributed by atoms with Crippen molar-refractivity contribution in [3.63, 3.8) is 0 Å². The zero-order chi connectivity index (χ0) is 8.39. The van der Waals surface area contributed by atoms with Crippen molar-refractivity contribution in [2.45, 2.75) is 6.42 Å². The van der Waals surface area contributed by atoms with E-state index in [2.05, 4.69) is 4.98 Å². The Kier molecular flexibility index (Phi) is 1.91. The van der Waals surface area contributed by atoms with Crippen molar-refractivity contribution < 1.29 is 9.53 Å². The average molecular weight is 181 g/mol. The number of hydrogen-bond acceptors (Lipinski definition) is 4. The Morgan fingerprint density at radius 2 is 2.58 bits per heavy atom. The molecule has 0 saturated carbocycles. The van der Waals surface area contributed by atoms with Gasteiger partial charge in [0.1, 0.15) is 0 Å². The molecular weight excluding hydrogens is 174 g/mol. The molecule has 0 bridgehead atoms. The number of carbonyl (C=O) groups is 1. The molecule has 4 heteroatoms. The lowest BCUT2D eigenvalue weighted by atomic mass is 10.1. The zero-order valence-electron chi connectivity index (χ0n) is 6.32. The van der Waals surface area contributed by atoms with Gasteiger partial charge in [-0.25, -0.2) is 0 Å². The highest BCUT2D eigenvalue weighted by molar-refractivity contribution is 7.11. The number of ketones is 1. The van der Waals surface area contributed by atoms with Gasteiger partial charge in [0.25, 0.3) is 0 Å². The van der Waals surface area contributed by atoms with Gasteiger partial charge in [-0.15, -0.1) is 11.3 Å². The molecule has 62 valence electrons. The first-order valence-electron chi connectivity index (χ1n) is 3.62. The van der Waals surface area contributed by atoms with Crippen LogP contribution in [0.15, 0.2) is 23.5 Å². The third kappa shape index (κ3) is 1.25. The van der Waals surface area contributed by atoms with Crippen LogP contribution in [0.1, 0.15) is 16.1 Å². The second-order valence-corrected chi connectivity index (χ2v) is 3.35. The van der Waals surface area contributed by atoms with Crippen LogP contribution in [-0.4, -0.2) is 17.4 Å². The number of Topliss-reactive ketones (excluding diaryl/α,β-unsaturated/α-hetero) is 1. The quantitative estimate of drug-likeness (QED) is 0.651. The summed E-state index contributed by atoms with van der Waals surface area (Å²) in [4.78, 5) is 16.1. The van der Waals surface area contributed by atoms with Crippen molar-refractivity contribution in [2.75, 3.05) is 6.61 Å². The molecule has 2 rings (SSSR count). The van der Waals surface area contributed by atoms with Crippen LogP contribution in [-0.2, 0) is 4.74 Å². The normalized spacial score (nSPS) is 15.5. The Morgan fingerprint density at radius 3 is 3.17 bits per heavy atom. The van der Waals surface area contributed by atoms with Crippen molar-refractivity contribution in [1.29, 1.82) is 0 Å². The molecule has 0 aromatic carbocycles. The summed E-state index contributed by atoms with van der Waals surface area (Å²) in [5, 5.41) is 0. The van der Waals surface area contributed by atoms with Crippen molar-refractivity contribution in [3.05, 3.63) is 28.4 Å². The molecule has 0 aliphatic carbocycles. The highest BCUT2D eigenvalue weighted by atomic mass is 32.1. The first kappa shape index (κ1) is 7.49. The van der Waals surface area contributed by atoms with E-state index < -0.39 is 0 Å². The SMILES string of the molecule is O=C(C1=COCC1)c1cncs1. The molecule has 0 spiro atoms. The molecular formula is C8H7NO2S. The zero-order valence-corrected chi connectivity index (χ0v) is 7.13. The Hall–Kier alpha value is -1.16. The van der Waals surface area contributed by atoms with Crippen LogP contribution in [0, 0.1) is 0 Å². The largest absolute Gasteiger partial charge is 0.500 e. The van der Waals surface area contributed by atoms with Gasteiger partial charge in [-0.3, -0.25) is 9.78 Å². The molecule has 1 aromatic rings. The minimum absolute atomic E-state index is 0.0509. The lowest BCUT2D eigenvalue weighted by Gasteiger charge is -1.92. The van der Waals surface area contributed by atoms with Crippen molar-refractivity contribution in [3.8, 4) is 0 Å². The number of hydrogen-bond donors (Lipinski definition) is 0. The van der Waals surface area contributed by atoms with E-state index in [1.807, 2.05) is 0 Å². The summed E-state index contributed by atoms with van der Waals surface area (Å²) in [5.74, 6) is 0.0509. The fourth-order valence-corrected chi connectivity index (χ4v) is 1.64. The lowest BCUT2D eigenvalue weighted by Crippen LogP contribution is -1.98. The van der Waals surface area contributed by atoms with Gasteiger partial charge < -0.3 is 4.74 Å². The van der Waals surface area contributed by atoms with Crippen LogP contribution in [0.25, 0.3) is 0 Å². The molecule has 1 aromatic heterocycles. The van der Waals surface area contributed by atoms with Gasteiger partial charge in [0.05, 0.1) is 23.3 Å². The van der Waals surface area contributed by atoms with Crippen LogP contribution in [0.2, 0.25) is 0 Å². The van der Waals surface area contributed by atoms with E-state index in [0.29, 0.717) is 11.5 Å². The Bertz CT molecular complexity index is 316. The van der Waals surface area contributed by atoms with E-state index >= 15 is 0 Å². The van der Waals surface area contributed by atoms with Crippen LogP contribution in [0.4, 0.5) is 0 Å². The van der Waals surface area contributed by atoms with Gasteiger partial charge in [0, 0.05) is 18.2 Å². The summed E-state index contributed by atoms with van der Waals surface area (Å²) in [6, 6.07) is 0. The first-order valence-corrected chi connectivity index (χ1v) is 4.50. The molecule has 2 heterocycles. The lowest BCUT2D eigenvalue weighted by molar-refractivity contribution is 0.103. The van der Waals surface area contributed by atoms with Crippen molar-refractivity contribution in [1.82, 2.24) is 4.98 Å². The summed E-state index contributed by atoms with van der Waals surface area (Å²) in [7, 11) is 0. The third-order valence-corrected chi connectivity index (χ3v) is 2.43. The average Bonchev–Trinajstić information content (AvgIpc) is 2.77. The molecule has 1 aliphatic heterocycles. The van der Waals surface area contributed by atoms with E-state index in [9.17, 15) is 4.79 Å². The maximum absolute atomic E-state index is 11.5. The molecule has 12 heavy (non-hydrogen) atoms. The third-order valence-electron chi connectivity index (χ3n) is 1.66.